The average Bonchev–Trinajstić information content (AvgIpc) is 3.44. The predicted octanol–water partition coefficient (Wildman–Crippen LogP) is 6.38. The third-order valence-electron chi connectivity index (χ3n) is 9.74. The van der Waals surface area contributed by atoms with E-state index in [4.69, 9.17) is 11.6 Å². The van der Waals surface area contributed by atoms with E-state index in [1.165, 1.54) is 21.9 Å². The molecule has 4 aliphatic rings. The zero-order valence-corrected chi connectivity index (χ0v) is 24.5. The number of hydrogen-bond donors (Lipinski definition) is 1. The van der Waals surface area contributed by atoms with Gasteiger partial charge in [-0.05, 0) is 71.8 Å². The summed E-state index contributed by atoms with van der Waals surface area (Å²) in [4.78, 5) is 58.7. The zero-order valence-electron chi connectivity index (χ0n) is 23.7. The molecule has 0 aromatic heterocycles. The van der Waals surface area contributed by atoms with Gasteiger partial charge in [0.2, 0.25) is 23.6 Å². The second-order valence-electron chi connectivity index (χ2n) is 11.8. The number of fused-ring (bicyclic) bond motifs is 4. The van der Waals surface area contributed by atoms with Crippen LogP contribution in [-0.4, -0.2) is 28.7 Å². The number of phenolic OH excluding ortho intramolecular Hbond substituents is 1. The number of allylic oxidation sites excluding steroid dienone is 2. The molecule has 0 unspecified atom stereocenters. The third-order valence-corrected chi connectivity index (χ3v) is 10.1. The number of hydrogen-bond acceptors (Lipinski definition) is 5. The van der Waals surface area contributed by atoms with Crippen molar-refractivity contribution in [2.45, 2.75) is 18.8 Å². The number of benzene rings is 3. The summed E-state index contributed by atoms with van der Waals surface area (Å²) in [7, 11) is 0. The summed E-state index contributed by atoms with van der Waals surface area (Å²) in [6.45, 7) is 7.54. The van der Waals surface area contributed by atoms with Crippen LogP contribution in [0.1, 0.15) is 35.4 Å². The number of anilines is 2. The number of amides is 4. The molecule has 7 nitrogen and oxygen atoms in total. The summed E-state index contributed by atoms with van der Waals surface area (Å²) in [5.74, 6) is -5.02. The highest BCUT2D eigenvalue weighted by molar-refractivity contribution is 6.32. The van der Waals surface area contributed by atoms with Crippen molar-refractivity contribution in [1.82, 2.24) is 0 Å². The van der Waals surface area contributed by atoms with Crippen LogP contribution in [0.2, 0.25) is 5.02 Å². The van der Waals surface area contributed by atoms with Gasteiger partial charge in [-0.25, -0.2) is 0 Å². The number of phenols is 1. The first-order chi connectivity index (χ1) is 21.2. The summed E-state index contributed by atoms with van der Waals surface area (Å²) < 4.78 is 0. The Morgan fingerprint density at radius 1 is 0.705 bits per heavy atom. The van der Waals surface area contributed by atoms with Gasteiger partial charge in [0.05, 0.1) is 35.0 Å². The Bertz CT molecular complexity index is 1790. The van der Waals surface area contributed by atoms with Crippen molar-refractivity contribution in [2.24, 2.45) is 29.6 Å². The largest absolute Gasteiger partial charge is 0.508 e. The van der Waals surface area contributed by atoms with E-state index in [0.29, 0.717) is 23.4 Å². The van der Waals surface area contributed by atoms with Crippen LogP contribution < -0.4 is 9.80 Å². The second-order valence-corrected chi connectivity index (χ2v) is 12.3. The molecule has 0 spiro atoms. The van der Waals surface area contributed by atoms with Crippen LogP contribution in [0.25, 0.3) is 12.2 Å². The van der Waals surface area contributed by atoms with Crippen molar-refractivity contribution in [3.05, 3.63) is 113 Å². The molecule has 220 valence electrons. The number of imide groups is 2. The van der Waals surface area contributed by atoms with Gasteiger partial charge in [-0.3, -0.25) is 29.0 Å². The summed E-state index contributed by atoms with van der Waals surface area (Å²) >= 11 is 6.70. The molecule has 6 atom stereocenters. The monoisotopic (exact) mass is 604 g/mol. The van der Waals surface area contributed by atoms with Crippen LogP contribution in [0, 0.1) is 29.6 Å². The quantitative estimate of drug-likeness (QED) is 0.269. The van der Waals surface area contributed by atoms with E-state index in [1.54, 1.807) is 54.6 Å². The fourth-order valence-corrected chi connectivity index (χ4v) is 8.03. The van der Waals surface area contributed by atoms with Crippen LogP contribution in [0.4, 0.5) is 11.4 Å². The number of rotatable bonds is 5. The molecule has 0 bridgehead atoms. The van der Waals surface area contributed by atoms with E-state index in [1.807, 2.05) is 18.2 Å². The fraction of sp³-hybridized carbons (Fsp3) is 0.222. The van der Waals surface area contributed by atoms with Crippen LogP contribution in [-0.2, 0) is 19.2 Å². The zero-order chi connectivity index (χ0) is 30.9. The smallest absolute Gasteiger partial charge is 0.238 e. The summed E-state index contributed by atoms with van der Waals surface area (Å²) in [6, 6.07) is 18.8. The maximum atomic E-state index is 14.2. The predicted molar refractivity (Wildman–Crippen MR) is 169 cm³/mol. The molecule has 2 heterocycles. The first kappa shape index (κ1) is 28.0. The van der Waals surface area contributed by atoms with Gasteiger partial charge in [0, 0.05) is 10.9 Å². The number of carbonyl (C=O) groups excluding carboxylic acids is 4. The molecule has 2 saturated heterocycles. The Morgan fingerprint density at radius 2 is 1.25 bits per heavy atom. The van der Waals surface area contributed by atoms with Crippen molar-refractivity contribution < 1.29 is 24.3 Å². The molecule has 2 aliphatic heterocycles. The standard InChI is InChI=1S/C36H29ClN2O5/c1-3-19-5-9-21(10-6-19)38-33(41)26-16-15-24-27(31(26)35(38)43)18-28-32(30(24)25-14-13-23(40)17-29(25)37)36(44)39(34(28)42)22-11-7-20(4-2)8-12-22/h3-15,17,26-28,30-32,40H,1-2,16,18H2/t26-,27+,28+,30+,31-,32+/m0/s1. The molecule has 2 aliphatic carbocycles. The van der Waals surface area contributed by atoms with Crippen LogP contribution in [0.3, 0.4) is 0 Å². The molecule has 3 aromatic carbocycles. The summed E-state index contributed by atoms with van der Waals surface area (Å²) in [6.07, 6.45) is 5.95. The van der Waals surface area contributed by atoms with Gasteiger partial charge in [-0.2, -0.15) is 0 Å². The molecule has 3 fully saturated rings. The second kappa shape index (κ2) is 10.5. The molecule has 0 radical (unpaired) electrons. The molecule has 44 heavy (non-hydrogen) atoms. The van der Waals surface area contributed by atoms with Crippen molar-refractivity contribution in [1.29, 1.82) is 0 Å². The maximum Gasteiger partial charge on any atom is 0.238 e. The van der Waals surface area contributed by atoms with Crippen molar-refractivity contribution >= 4 is 58.8 Å². The van der Waals surface area contributed by atoms with Gasteiger partial charge < -0.3 is 5.11 Å². The Balaban J connectivity index is 1.32. The van der Waals surface area contributed by atoms with E-state index in [0.717, 1.165) is 16.7 Å². The molecular weight excluding hydrogens is 576 g/mol. The Kier molecular flexibility index (Phi) is 6.66. The molecule has 8 heteroatoms. The van der Waals surface area contributed by atoms with E-state index >= 15 is 0 Å². The van der Waals surface area contributed by atoms with E-state index in [2.05, 4.69) is 13.2 Å². The minimum atomic E-state index is -0.752. The Hall–Kier alpha value is -4.75. The van der Waals surface area contributed by atoms with Crippen molar-refractivity contribution in [3.63, 3.8) is 0 Å². The van der Waals surface area contributed by atoms with Crippen LogP contribution in [0.15, 0.2) is 91.5 Å². The van der Waals surface area contributed by atoms with Crippen LogP contribution in [0.5, 0.6) is 5.75 Å². The van der Waals surface area contributed by atoms with E-state index < -0.39 is 35.5 Å². The number of halogens is 1. The van der Waals surface area contributed by atoms with Crippen molar-refractivity contribution in [2.75, 3.05) is 9.80 Å². The summed E-state index contributed by atoms with van der Waals surface area (Å²) in [5.41, 5.74) is 4.13. The highest BCUT2D eigenvalue weighted by Gasteiger charge is 2.62. The molecule has 3 aromatic rings. The highest BCUT2D eigenvalue weighted by Crippen LogP contribution is 2.59. The van der Waals surface area contributed by atoms with Gasteiger partial charge >= 0.3 is 0 Å². The molecule has 1 saturated carbocycles. The normalized spacial score (nSPS) is 27.5. The maximum absolute atomic E-state index is 14.2. The molecular formula is C36H29ClN2O5. The Labute approximate surface area is 259 Å². The highest BCUT2D eigenvalue weighted by atomic mass is 35.5. The van der Waals surface area contributed by atoms with Gasteiger partial charge in [0.15, 0.2) is 0 Å². The lowest BCUT2D eigenvalue weighted by molar-refractivity contribution is -0.126. The lowest BCUT2D eigenvalue weighted by atomic mass is 9.57. The van der Waals surface area contributed by atoms with Crippen molar-refractivity contribution in [3.8, 4) is 5.75 Å². The first-order valence-corrected chi connectivity index (χ1v) is 15.0. The molecule has 1 N–H and O–H groups in total. The molecule has 7 rings (SSSR count). The summed E-state index contributed by atoms with van der Waals surface area (Å²) in [5, 5.41) is 10.4. The minimum absolute atomic E-state index is 0.0206. The number of carbonyl (C=O) groups is 4. The van der Waals surface area contributed by atoms with E-state index in [-0.39, 0.29) is 40.8 Å². The molecule has 4 amide bonds. The first-order valence-electron chi connectivity index (χ1n) is 14.6. The number of nitrogens with zero attached hydrogens (tertiary/aromatic N) is 2. The van der Waals surface area contributed by atoms with Gasteiger partial charge in [-0.1, -0.05) is 78.9 Å². The SMILES string of the molecule is C=Cc1ccc(N2C(=O)[C@H]3[C@H](CC=C4[C@H]3C[C@H]3C(=O)N(c5ccc(C=C)cc5)C(=O)[C@H]3[C@H]4c3ccc(O)cc3Cl)C2=O)cc1. The van der Waals surface area contributed by atoms with E-state index in [9.17, 15) is 24.3 Å². The van der Waals surface area contributed by atoms with Crippen LogP contribution >= 0.6 is 11.6 Å². The fourth-order valence-electron chi connectivity index (χ4n) is 7.73. The van der Waals surface area contributed by atoms with Gasteiger partial charge in [-0.15, -0.1) is 0 Å². The van der Waals surface area contributed by atoms with Gasteiger partial charge in [0.25, 0.3) is 0 Å². The lowest BCUT2D eigenvalue weighted by Crippen LogP contribution is -2.43. The number of aromatic hydroxyl groups is 1. The minimum Gasteiger partial charge on any atom is -0.508 e. The van der Waals surface area contributed by atoms with Gasteiger partial charge in [0.1, 0.15) is 5.75 Å². The third kappa shape index (κ3) is 4.10. The Morgan fingerprint density at radius 3 is 1.80 bits per heavy atom. The average molecular weight is 605 g/mol. The topological polar surface area (TPSA) is 95.0 Å². The lowest BCUT2D eigenvalue weighted by Gasteiger charge is -2.44.